The zero-order valence-electron chi connectivity index (χ0n) is 14.2. The number of pyridine rings is 1. The van der Waals surface area contributed by atoms with Crippen LogP contribution >= 0.6 is 11.8 Å². The maximum Gasteiger partial charge on any atom is 0.264 e. The number of para-hydroxylation sites is 1. The highest BCUT2D eigenvalue weighted by Gasteiger charge is 2.19. The van der Waals surface area contributed by atoms with Gasteiger partial charge >= 0.3 is 0 Å². The molecule has 2 aromatic heterocycles. The van der Waals surface area contributed by atoms with Crippen LogP contribution in [-0.2, 0) is 15.9 Å². The van der Waals surface area contributed by atoms with Crippen molar-refractivity contribution in [1.29, 1.82) is 0 Å². The molecule has 0 aliphatic rings. The van der Waals surface area contributed by atoms with Gasteiger partial charge in [0.05, 0.1) is 29.5 Å². The van der Waals surface area contributed by atoms with Gasteiger partial charge in [-0.05, 0) is 24.3 Å². The molecule has 8 heteroatoms. The minimum atomic E-state index is -3.77. The quantitative estimate of drug-likeness (QED) is 0.499. The van der Waals surface area contributed by atoms with Gasteiger partial charge in [0.25, 0.3) is 10.0 Å². The zero-order chi connectivity index (χ0) is 18.7. The van der Waals surface area contributed by atoms with Crippen molar-refractivity contribution in [3.8, 4) is 0 Å². The average molecular weight is 396 g/mol. The van der Waals surface area contributed by atoms with Crippen molar-refractivity contribution in [2.75, 3.05) is 4.72 Å². The van der Waals surface area contributed by atoms with Crippen LogP contribution in [0.3, 0.4) is 0 Å². The first kappa shape index (κ1) is 17.6. The van der Waals surface area contributed by atoms with Crippen molar-refractivity contribution in [1.82, 2.24) is 14.8 Å². The lowest BCUT2D eigenvalue weighted by atomic mass is 10.2. The summed E-state index contributed by atoms with van der Waals surface area (Å²) in [5.41, 5.74) is 0.858. The first-order chi connectivity index (χ1) is 13.1. The van der Waals surface area contributed by atoms with Crippen molar-refractivity contribution < 1.29 is 8.42 Å². The van der Waals surface area contributed by atoms with Gasteiger partial charge in [0, 0.05) is 16.5 Å². The molecule has 0 spiro atoms. The van der Waals surface area contributed by atoms with Gasteiger partial charge in [-0.2, -0.15) is 5.10 Å². The Labute approximate surface area is 161 Å². The molecular formula is C19H16N4O2S2. The fraction of sp³-hybridized carbons (Fsp3) is 0.0526. The van der Waals surface area contributed by atoms with Crippen LogP contribution in [0.5, 0.6) is 0 Å². The van der Waals surface area contributed by atoms with E-state index in [1.54, 1.807) is 47.0 Å². The van der Waals surface area contributed by atoms with Crippen LogP contribution in [0.25, 0.3) is 10.9 Å². The molecule has 4 rings (SSSR count). The Morgan fingerprint density at radius 2 is 1.81 bits per heavy atom. The van der Waals surface area contributed by atoms with E-state index in [-0.39, 0.29) is 4.90 Å². The third kappa shape index (κ3) is 3.96. The second kappa shape index (κ2) is 7.42. The maximum atomic E-state index is 12.8. The molecule has 0 fully saturated rings. The zero-order valence-corrected chi connectivity index (χ0v) is 15.8. The van der Waals surface area contributed by atoms with Crippen molar-refractivity contribution in [3.05, 3.63) is 79.3 Å². The number of benzene rings is 2. The third-order valence-corrected chi connectivity index (χ3v) is 6.29. The molecular weight excluding hydrogens is 380 g/mol. The van der Waals surface area contributed by atoms with E-state index in [1.807, 2.05) is 42.5 Å². The summed E-state index contributed by atoms with van der Waals surface area (Å²) in [5.74, 6) is 0.585. The van der Waals surface area contributed by atoms with Gasteiger partial charge in [-0.1, -0.05) is 36.4 Å². The molecule has 0 bridgehead atoms. The predicted octanol–water partition coefficient (Wildman–Crippen LogP) is 3.98. The van der Waals surface area contributed by atoms with Crippen LogP contribution in [0.2, 0.25) is 0 Å². The molecule has 1 N–H and O–H groups in total. The summed E-state index contributed by atoms with van der Waals surface area (Å²) in [7, 11) is -3.77. The number of thioether (sulfide) groups is 1. The van der Waals surface area contributed by atoms with Crippen LogP contribution in [0, 0.1) is 0 Å². The number of anilines is 1. The molecule has 6 nitrogen and oxygen atoms in total. The predicted molar refractivity (Wildman–Crippen MR) is 107 cm³/mol. The maximum absolute atomic E-state index is 12.8. The summed E-state index contributed by atoms with van der Waals surface area (Å²) < 4.78 is 29.9. The first-order valence-electron chi connectivity index (χ1n) is 8.19. The van der Waals surface area contributed by atoms with Gasteiger partial charge in [0.1, 0.15) is 4.90 Å². The first-order valence-corrected chi connectivity index (χ1v) is 10.7. The molecule has 0 radical (unpaired) electrons. The number of rotatable bonds is 6. The van der Waals surface area contributed by atoms with Crippen LogP contribution in [-0.4, -0.2) is 23.2 Å². The Kier molecular flexibility index (Phi) is 4.83. The number of nitrogens with zero attached hydrogens (tertiary/aromatic N) is 3. The molecule has 0 aliphatic carbocycles. The molecule has 0 saturated carbocycles. The van der Waals surface area contributed by atoms with E-state index in [9.17, 15) is 8.42 Å². The van der Waals surface area contributed by atoms with E-state index in [2.05, 4.69) is 14.8 Å². The van der Waals surface area contributed by atoms with E-state index < -0.39 is 10.0 Å². The average Bonchev–Trinajstić information content (AvgIpc) is 3.13. The summed E-state index contributed by atoms with van der Waals surface area (Å²) in [5, 5.41) is 5.00. The van der Waals surface area contributed by atoms with Gasteiger partial charge in [-0.25, -0.2) is 8.42 Å². The lowest BCUT2D eigenvalue weighted by Crippen LogP contribution is -2.13. The molecule has 0 aliphatic heterocycles. The number of nitrogens with one attached hydrogen (secondary N) is 1. The summed E-state index contributed by atoms with van der Waals surface area (Å²) in [4.78, 5) is 5.48. The summed E-state index contributed by atoms with van der Waals surface area (Å²) in [6, 6.07) is 18.7. The number of hydrogen-bond acceptors (Lipinski definition) is 5. The molecule has 0 saturated heterocycles. The molecule has 4 aromatic rings. The molecule has 0 amide bonds. The van der Waals surface area contributed by atoms with Gasteiger partial charge in [0.2, 0.25) is 0 Å². The van der Waals surface area contributed by atoms with Crippen molar-refractivity contribution in [2.24, 2.45) is 0 Å². The highest BCUT2D eigenvalue weighted by atomic mass is 32.2. The van der Waals surface area contributed by atoms with Crippen LogP contribution < -0.4 is 4.72 Å². The fourth-order valence-corrected chi connectivity index (χ4v) is 4.63. The highest BCUT2D eigenvalue weighted by molar-refractivity contribution is 7.98. The molecule has 0 atom stereocenters. The summed E-state index contributed by atoms with van der Waals surface area (Å²) in [6.45, 7) is 0. The summed E-state index contributed by atoms with van der Waals surface area (Å²) in [6.07, 6.45) is 4.76. The fourth-order valence-electron chi connectivity index (χ4n) is 2.65. The Bertz CT molecular complexity index is 1170. The molecule has 2 aromatic carbocycles. The van der Waals surface area contributed by atoms with Gasteiger partial charge in [-0.3, -0.25) is 14.4 Å². The van der Waals surface area contributed by atoms with Gasteiger partial charge in [-0.15, -0.1) is 11.8 Å². The van der Waals surface area contributed by atoms with Crippen molar-refractivity contribution >= 4 is 38.4 Å². The standard InChI is InChI=1S/C19H16N4O2S2/c24-27(25,18-10-4-6-15-7-5-11-20-19(15)18)22-16-12-21-23(13-16)14-26-17-8-2-1-3-9-17/h1-13,22H,14H2. The Balaban J connectivity index is 1.52. The normalized spacial score (nSPS) is 11.6. The lowest BCUT2D eigenvalue weighted by Gasteiger charge is -2.08. The number of sulfonamides is 1. The van der Waals surface area contributed by atoms with Crippen molar-refractivity contribution in [3.63, 3.8) is 0 Å². The number of aromatic nitrogens is 3. The minimum absolute atomic E-state index is 0.145. The Morgan fingerprint density at radius 3 is 2.67 bits per heavy atom. The SMILES string of the molecule is O=S(=O)(Nc1cnn(CSc2ccccc2)c1)c1cccc2cccnc12. The van der Waals surface area contributed by atoms with E-state index in [0.717, 1.165) is 10.3 Å². The molecule has 136 valence electrons. The topological polar surface area (TPSA) is 76.9 Å². The van der Waals surface area contributed by atoms with Crippen LogP contribution in [0.15, 0.2) is 89.0 Å². The Morgan fingerprint density at radius 1 is 1.00 bits per heavy atom. The van der Waals surface area contributed by atoms with E-state index >= 15 is 0 Å². The molecule has 27 heavy (non-hydrogen) atoms. The second-order valence-corrected chi connectivity index (χ2v) is 8.46. The smallest absolute Gasteiger partial charge is 0.264 e. The molecule has 0 unspecified atom stereocenters. The highest BCUT2D eigenvalue weighted by Crippen LogP contribution is 2.24. The largest absolute Gasteiger partial charge is 0.276 e. The number of hydrogen-bond donors (Lipinski definition) is 1. The third-order valence-electron chi connectivity index (χ3n) is 3.88. The minimum Gasteiger partial charge on any atom is -0.276 e. The molecule has 2 heterocycles. The van der Waals surface area contributed by atoms with Crippen LogP contribution in [0.4, 0.5) is 5.69 Å². The van der Waals surface area contributed by atoms with E-state index in [4.69, 9.17) is 0 Å². The van der Waals surface area contributed by atoms with Crippen LogP contribution in [0.1, 0.15) is 0 Å². The second-order valence-electron chi connectivity index (χ2n) is 5.79. The van der Waals surface area contributed by atoms with Gasteiger partial charge in [0.15, 0.2) is 0 Å². The summed E-state index contributed by atoms with van der Waals surface area (Å²) >= 11 is 1.62. The van der Waals surface area contributed by atoms with E-state index in [0.29, 0.717) is 17.1 Å². The van der Waals surface area contributed by atoms with E-state index in [1.165, 1.54) is 6.20 Å². The van der Waals surface area contributed by atoms with Gasteiger partial charge < -0.3 is 0 Å². The monoisotopic (exact) mass is 396 g/mol. The number of fused-ring (bicyclic) bond motifs is 1. The van der Waals surface area contributed by atoms with Crippen molar-refractivity contribution in [2.45, 2.75) is 15.7 Å². The lowest BCUT2D eigenvalue weighted by molar-refractivity contribution is 0.602. The Hall–Kier alpha value is -2.84.